The van der Waals surface area contributed by atoms with Crippen molar-refractivity contribution in [3.05, 3.63) is 0 Å². The van der Waals surface area contributed by atoms with Crippen molar-refractivity contribution in [2.75, 3.05) is 31.2 Å². The predicted molar refractivity (Wildman–Crippen MR) is 56.7 cm³/mol. The minimum absolute atomic E-state index is 0.288. The van der Waals surface area contributed by atoms with E-state index in [0.29, 0.717) is 5.92 Å². The molecular weight excluding hydrogens is 170 g/mol. The van der Waals surface area contributed by atoms with Gasteiger partial charge < -0.3 is 10.4 Å². The standard InChI is InChI=1S/C9H21NOS/c1-3-12-6-4-5-10-7-9(2)8-11/h9-11H,3-8H2,1-2H3. The Morgan fingerprint density at radius 1 is 1.50 bits per heavy atom. The molecule has 0 aromatic carbocycles. The molecular formula is C9H21NOS. The van der Waals surface area contributed by atoms with E-state index in [1.807, 2.05) is 18.7 Å². The maximum Gasteiger partial charge on any atom is 0.0468 e. The molecule has 0 aliphatic rings. The van der Waals surface area contributed by atoms with Gasteiger partial charge in [-0.05, 0) is 36.9 Å². The van der Waals surface area contributed by atoms with Gasteiger partial charge in [-0.2, -0.15) is 11.8 Å². The molecule has 2 N–H and O–H groups in total. The Labute approximate surface area is 80.1 Å². The van der Waals surface area contributed by atoms with Crippen LogP contribution >= 0.6 is 11.8 Å². The van der Waals surface area contributed by atoms with Crippen molar-refractivity contribution in [1.82, 2.24) is 5.32 Å². The zero-order valence-electron chi connectivity index (χ0n) is 8.18. The monoisotopic (exact) mass is 191 g/mol. The van der Waals surface area contributed by atoms with Gasteiger partial charge in [0.15, 0.2) is 0 Å². The quantitative estimate of drug-likeness (QED) is 0.568. The minimum atomic E-state index is 0.288. The van der Waals surface area contributed by atoms with E-state index in [2.05, 4.69) is 12.2 Å². The van der Waals surface area contributed by atoms with Crippen molar-refractivity contribution in [2.24, 2.45) is 5.92 Å². The summed E-state index contributed by atoms with van der Waals surface area (Å²) in [5.74, 6) is 2.85. The van der Waals surface area contributed by atoms with Crippen LogP contribution < -0.4 is 5.32 Å². The van der Waals surface area contributed by atoms with E-state index in [1.165, 1.54) is 17.9 Å². The lowest BCUT2D eigenvalue weighted by Crippen LogP contribution is -2.24. The van der Waals surface area contributed by atoms with E-state index in [0.717, 1.165) is 13.1 Å². The summed E-state index contributed by atoms with van der Waals surface area (Å²) in [6, 6.07) is 0. The first-order valence-electron chi connectivity index (χ1n) is 4.70. The van der Waals surface area contributed by atoms with Crippen molar-refractivity contribution in [1.29, 1.82) is 0 Å². The Kier molecular flexibility index (Phi) is 9.57. The first-order chi connectivity index (χ1) is 5.81. The van der Waals surface area contributed by atoms with Gasteiger partial charge in [-0.15, -0.1) is 0 Å². The molecule has 74 valence electrons. The van der Waals surface area contributed by atoms with Crippen LogP contribution in [0, 0.1) is 5.92 Å². The first-order valence-corrected chi connectivity index (χ1v) is 5.86. The van der Waals surface area contributed by atoms with Crippen LogP contribution in [0.15, 0.2) is 0 Å². The molecule has 0 rings (SSSR count). The Balaban J connectivity index is 2.90. The van der Waals surface area contributed by atoms with E-state index in [-0.39, 0.29) is 6.61 Å². The van der Waals surface area contributed by atoms with E-state index in [4.69, 9.17) is 5.11 Å². The summed E-state index contributed by atoms with van der Waals surface area (Å²) in [5.41, 5.74) is 0. The summed E-state index contributed by atoms with van der Waals surface area (Å²) in [7, 11) is 0. The van der Waals surface area contributed by atoms with Crippen molar-refractivity contribution in [3.8, 4) is 0 Å². The van der Waals surface area contributed by atoms with Crippen LogP contribution in [-0.4, -0.2) is 36.3 Å². The van der Waals surface area contributed by atoms with Crippen LogP contribution in [0.1, 0.15) is 20.3 Å². The third-order valence-electron chi connectivity index (χ3n) is 1.65. The number of hydrogen-bond acceptors (Lipinski definition) is 3. The van der Waals surface area contributed by atoms with E-state index in [9.17, 15) is 0 Å². The summed E-state index contributed by atoms with van der Waals surface area (Å²) in [6.07, 6.45) is 1.23. The number of hydrogen-bond donors (Lipinski definition) is 2. The largest absolute Gasteiger partial charge is 0.396 e. The van der Waals surface area contributed by atoms with Crippen LogP contribution in [0.3, 0.4) is 0 Å². The Bertz CT molecular complexity index is 90.6. The van der Waals surface area contributed by atoms with E-state index in [1.54, 1.807) is 0 Å². The summed E-state index contributed by atoms with van der Waals surface area (Å²) >= 11 is 1.98. The molecule has 0 aromatic rings. The highest BCUT2D eigenvalue weighted by atomic mass is 32.2. The average Bonchev–Trinajstić information content (AvgIpc) is 2.10. The smallest absolute Gasteiger partial charge is 0.0468 e. The molecule has 0 saturated carbocycles. The molecule has 0 heterocycles. The first kappa shape index (κ1) is 12.3. The molecule has 12 heavy (non-hydrogen) atoms. The van der Waals surface area contributed by atoms with Crippen molar-refractivity contribution < 1.29 is 5.11 Å². The fraction of sp³-hybridized carbons (Fsp3) is 1.00. The molecule has 0 bridgehead atoms. The third-order valence-corrected chi connectivity index (χ3v) is 2.64. The summed E-state index contributed by atoms with van der Waals surface area (Å²) < 4.78 is 0. The lowest BCUT2D eigenvalue weighted by Gasteiger charge is -2.08. The normalized spacial score (nSPS) is 13.2. The molecule has 1 atom stereocenters. The molecule has 0 aliphatic carbocycles. The third kappa shape index (κ3) is 8.37. The van der Waals surface area contributed by atoms with Gasteiger partial charge in [0.2, 0.25) is 0 Å². The summed E-state index contributed by atoms with van der Waals surface area (Å²) in [4.78, 5) is 0. The Morgan fingerprint density at radius 3 is 2.83 bits per heavy atom. The molecule has 0 aliphatic heterocycles. The number of thioether (sulfide) groups is 1. The molecule has 0 amide bonds. The van der Waals surface area contributed by atoms with Crippen molar-refractivity contribution >= 4 is 11.8 Å². The molecule has 1 unspecified atom stereocenters. The molecule has 3 heteroatoms. The van der Waals surface area contributed by atoms with Crippen LogP contribution in [0.25, 0.3) is 0 Å². The van der Waals surface area contributed by atoms with E-state index < -0.39 is 0 Å². The Hall–Kier alpha value is 0.270. The molecule has 2 nitrogen and oxygen atoms in total. The van der Waals surface area contributed by atoms with Gasteiger partial charge >= 0.3 is 0 Å². The number of aliphatic hydroxyl groups excluding tert-OH is 1. The minimum Gasteiger partial charge on any atom is -0.396 e. The number of nitrogens with one attached hydrogen (secondary N) is 1. The molecule has 0 radical (unpaired) electrons. The van der Waals surface area contributed by atoms with Crippen molar-refractivity contribution in [3.63, 3.8) is 0 Å². The van der Waals surface area contributed by atoms with Gasteiger partial charge in [-0.25, -0.2) is 0 Å². The summed E-state index contributed by atoms with van der Waals surface area (Å²) in [6.45, 7) is 6.54. The second-order valence-electron chi connectivity index (χ2n) is 3.04. The maximum atomic E-state index is 8.73. The van der Waals surface area contributed by atoms with Gasteiger partial charge in [0.05, 0.1) is 0 Å². The van der Waals surface area contributed by atoms with Crippen LogP contribution in [-0.2, 0) is 0 Å². The van der Waals surface area contributed by atoms with Gasteiger partial charge in [-0.3, -0.25) is 0 Å². The highest BCUT2D eigenvalue weighted by Crippen LogP contribution is 1.99. The number of rotatable bonds is 8. The fourth-order valence-corrected chi connectivity index (χ4v) is 1.49. The van der Waals surface area contributed by atoms with Gasteiger partial charge in [0.1, 0.15) is 0 Å². The van der Waals surface area contributed by atoms with Gasteiger partial charge in [-0.1, -0.05) is 13.8 Å². The molecule has 0 aromatic heterocycles. The maximum absolute atomic E-state index is 8.73. The van der Waals surface area contributed by atoms with Crippen LogP contribution in [0.4, 0.5) is 0 Å². The number of aliphatic hydroxyl groups is 1. The van der Waals surface area contributed by atoms with Gasteiger partial charge in [0.25, 0.3) is 0 Å². The lowest BCUT2D eigenvalue weighted by molar-refractivity contribution is 0.234. The highest BCUT2D eigenvalue weighted by Gasteiger charge is 1.97. The van der Waals surface area contributed by atoms with Crippen LogP contribution in [0.2, 0.25) is 0 Å². The second-order valence-corrected chi connectivity index (χ2v) is 4.44. The topological polar surface area (TPSA) is 32.3 Å². The molecule has 0 fully saturated rings. The fourth-order valence-electron chi connectivity index (χ4n) is 0.857. The lowest BCUT2D eigenvalue weighted by atomic mass is 10.2. The predicted octanol–water partition coefficient (Wildman–Crippen LogP) is 1.35. The second kappa shape index (κ2) is 9.36. The van der Waals surface area contributed by atoms with Crippen molar-refractivity contribution in [2.45, 2.75) is 20.3 Å². The summed E-state index contributed by atoms with van der Waals surface area (Å²) in [5, 5.41) is 12.1. The molecule has 0 spiro atoms. The average molecular weight is 191 g/mol. The zero-order valence-corrected chi connectivity index (χ0v) is 8.99. The highest BCUT2D eigenvalue weighted by molar-refractivity contribution is 7.99. The SMILES string of the molecule is CCSCCCNCC(C)CO. The van der Waals surface area contributed by atoms with Gasteiger partial charge in [0, 0.05) is 6.61 Å². The zero-order chi connectivity index (χ0) is 9.23. The van der Waals surface area contributed by atoms with E-state index >= 15 is 0 Å². The Morgan fingerprint density at radius 2 is 2.25 bits per heavy atom. The van der Waals surface area contributed by atoms with Crippen LogP contribution in [0.5, 0.6) is 0 Å². The molecule has 0 saturated heterocycles.